The molecule has 17 heteroatoms. The summed E-state index contributed by atoms with van der Waals surface area (Å²) in [5.74, 6) is -1.46. The van der Waals surface area contributed by atoms with E-state index in [0.29, 0.717) is 69.4 Å². The normalized spacial score (nSPS) is 26.5. The zero-order chi connectivity index (χ0) is 39.5. The number of benzene rings is 2. The molecule has 16 nitrogen and oxygen atoms in total. The van der Waals surface area contributed by atoms with Gasteiger partial charge in [-0.3, -0.25) is 24.6 Å². The molecule has 9 rings (SSSR count). The molecule has 6 aliphatic heterocycles. The standard InChI is InChI=1S/C40H47FN10O6/c1-23-17-46(21-28-22-47(12-13-57-28)26-6-7-29-25(14-26)19-50(39(29)55)33-8-9-35(52)43-38(33)54)18-24(2)51(23)40(56)48-10-11-49-27(20-48)16-42-37-34(49)15-32(44-45-37)30-4-3-5-31(41)36(30)53/h3-7,14-15,23-24,27-28,33,53H,8-13,16-22H2,1-2H3,(H,42,45)(H,43,52,54)/t23-,24+,27-,28+,33-/m1/s1. The van der Waals surface area contributed by atoms with Gasteiger partial charge in [0.1, 0.15) is 6.04 Å². The van der Waals surface area contributed by atoms with Crippen molar-refractivity contribution >= 4 is 40.9 Å². The Morgan fingerprint density at radius 3 is 2.60 bits per heavy atom. The molecule has 0 spiro atoms. The average Bonchev–Trinajstić information content (AvgIpc) is 3.53. The number of morpholine rings is 1. The van der Waals surface area contributed by atoms with E-state index in [9.17, 15) is 28.7 Å². The molecule has 0 aliphatic carbocycles. The maximum Gasteiger partial charge on any atom is 0.320 e. The first-order valence-corrected chi connectivity index (χ1v) is 19.8. The number of imide groups is 1. The number of rotatable bonds is 5. The summed E-state index contributed by atoms with van der Waals surface area (Å²) >= 11 is 0. The number of urea groups is 1. The van der Waals surface area contributed by atoms with Crippen LogP contribution < -0.4 is 20.4 Å². The lowest BCUT2D eigenvalue weighted by atomic mass is 10.0. The minimum atomic E-state index is -0.719. The average molecular weight is 783 g/mol. The van der Waals surface area contributed by atoms with E-state index in [1.165, 1.54) is 12.1 Å². The molecule has 3 N–H and O–H groups in total. The number of hydrogen-bond donors (Lipinski definition) is 3. The number of fused-ring (bicyclic) bond motifs is 4. The largest absolute Gasteiger partial charge is 0.504 e. The molecule has 0 saturated carbocycles. The Morgan fingerprint density at radius 2 is 1.79 bits per heavy atom. The predicted molar refractivity (Wildman–Crippen MR) is 207 cm³/mol. The summed E-state index contributed by atoms with van der Waals surface area (Å²) in [6.45, 7) is 11.0. The van der Waals surface area contributed by atoms with Crippen molar-refractivity contribution in [3.8, 4) is 17.0 Å². The first-order chi connectivity index (χ1) is 27.5. The molecule has 0 radical (unpaired) electrons. The monoisotopic (exact) mass is 782 g/mol. The second-order valence-electron chi connectivity index (χ2n) is 16.1. The summed E-state index contributed by atoms with van der Waals surface area (Å²) in [5, 5.41) is 24.6. The van der Waals surface area contributed by atoms with Gasteiger partial charge in [0.05, 0.1) is 30.1 Å². The number of piperidine rings is 1. The van der Waals surface area contributed by atoms with Crippen LogP contribution >= 0.6 is 0 Å². The number of anilines is 3. The van der Waals surface area contributed by atoms with Crippen molar-refractivity contribution in [2.45, 2.75) is 63.5 Å². The van der Waals surface area contributed by atoms with Gasteiger partial charge in [-0.25, -0.2) is 9.18 Å². The molecule has 5 amide bonds. The Bertz CT molecular complexity index is 2110. The zero-order valence-electron chi connectivity index (χ0n) is 32.1. The van der Waals surface area contributed by atoms with E-state index in [1.54, 1.807) is 11.0 Å². The minimum absolute atomic E-state index is 0.00193. The zero-order valence-corrected chi connectivity index (χ0v) is 32.1. The van der Waals surface area contributed by atoms with Crippen LogP contribution in [-0.2, 0) is 20.9 Å². The number of amides is 5. The first kappa shape index (κ1) is 37.1. The molecule has 4 saturated heterocycles. The minimum Gasteiger partial charge on any atom is -0.504 e. The molecule has 300 valence electrons. The van der Waals surface area contributed by atoms with E-state index in [0.717, 1.165) is 43.1 Å². The third kappa shape index (κ3) is 6.85. The molecule has 57 heavy (non-hydrogen) atoms. The number of hydrogen-bond acceptors (Lipinski definition) is 12. The highest BCUT2D eigenvalue weighted by Gasteiger charge is 2.42. The SMILES string of the molecule is C[C@@H]1CN(C[C@H]2CN(c3ccc4c(c3)CN([C@@H]3CCC(=O)NC3=O)C4=O)CCO2)C[C@H](C)N1C(=O)N1CCN2c3cc(-c4cccc(F)c4O)nnc3NC[C@@H]2C1. The van der Waals surface area contributed by atoms with Gasteiger partial charge in [-0.05, 0) is 62.2 Å². The fraction of sp³-hybridized carbons (Fsp3) is 0.500. The highest BCUT2D eigenvalue weighted by atomic mass is 19.1. The quantitative estimate of drug-likeness (QED) is 0.323. The highest BCUT2D eigenvalue weighted by Crippen LogP contribution is 2.37. The van der Waals surface area contributed by atoms with E-state index < -0.39 is 23.5 Å². The fourth-order valence-electron chi connectivity index (χ4n) is 9.55. The van der Waals surface area contributed by atoms with Crippen LogP contribution in [0.5, 0.6) is 5.75 Å². The number of nitrogens with zero attached hydrogens (tertiary/aromatic N) is 8. The molecule has 7 heterocycles. The molecule has 3 aromatic rings. The third-order valence-electron chi connectivity index (χ3n) is 12.3. The van der Waals surface area contributed by atoms with Crippen molar-refractivity contribution in [3.63, 3.8) is 0 Å². The molecule has 1 aromatic heterocycles. The van der Waals surface area contributed by atoms with Crippen molar-refractivity contribution in [2.75, 3.05) is 80.6 Å². The number of phenols is 1. The Morgan fingerprint density at radius 1 is 0.965 bits per heavy atom. The lowest BCUT2D eigenvalue weighted by Gasteiger charge is -2.50. The van der Waals surface area contributed by atoms with E-state index in [1.807, 2.05) is 34.1 Å². The summed E-state index contributed by atoms with van der Waals surface area (Å²) in [6.07, 6.45) is 0.512. The number of carbonyl (C=O) groups is 4. The van der Waals surface area contributed by atoms with Crippen LogP contribution in [0, 0.1) is 5.82 Å². The van der Waals surface area contributed by atoms with Gasteiger partial charge in [-0.1, -0.05) is 6.07 Å². The third-order valence-corrected chi connectivity index (χ3v) is 12.3. The van der Waals surface area contributed by atoms with Crippen LogP contribution in [-0.4, -0.2) is 154 Å². The number of carbonyl (C=O) groups excluding carboxylic acids is 4. The van der Waals surface area contributed by atoms with Gasteiger partial charge in [-0.2, -0.15) is 0 Å². The summed E-state index contributed by atoms with van der Waals surface area (Å²) in [6, 6.07) is 11.4. The second-order valence-corrected chi connectivity index (χ2v) is 16.1. The lowest BCUT2D eigenvalue weighted by molar-refractivity contribution is -0.136. The molecular formula is C40H47FN10O6. The van der Waals surface area contributed by atoms with Crippen LogP contribution in [0.4, 0.5) is 26.4 Å². The van der Waals surface area contributed by atoms with Crippen LogP contribution in [0.2, 0.25) is 0 Å². The van der Waals surface area contributed by atoms with Crippen molar-refractivity contribution in [2.24, 2.45) is 0 Å². The maximum absolute atomic E-state index is 14.2. The van der Waals surface area contributed by atoms with Crippen molar-refractivity contribution in [3.05, 3.63) is 59.4 Å². The summed E-state index contributed by atoms with van der Waals surface area (Å²) in [5.41, 5.74) is 3.95. The molecular weight excluding hydrogens is 736 g/mol. The van der Waals surface area contributed by atoms with Gasteiger partial charge in [-0.15, -0.1) is 10.2 Å². The second kappa shape index (κ2) is 14.8. The van der Waals surface area contributed by atoms with Gasteiger partial charge < -0.3 is 39.7 Å². The number of aromatic nitrogens is 2. The van der Waals surface area contributed by atoms with Crippen molar-refractivity contribution in [1.29, 1.82) is 0 Å². The lowest BCUT2D eigenvalue weighted by Crippen LogP contribution is -2.66. The number of aromatic hydroxyl groups is 1. The molecule has 2 aromatic carbocycles. The van der Waals surface area contributed by atoms with E-state index in [4.69, 9.17) is 4.74 Å². The number of piperazine rings is 2. The van der Waals surface area contributed by atoms with E-state index in [2.05, 4.69) is 49.4 Å². The number of halogens is 1. The highest BCUT2D eigenvalue weighted by molar-refractivity contribution is 6.05. The first-order valence-electron chi connectivity index (χ1n) is 19.8. The Hall–Kier alpha value is -5.55. The van der Waals surface area contributed by atoms with Crippen molar-refractivity contribution < 1.29 is 33.4 Å². The van der Waals surface area contributed by atoms with Crippen LogP contribution in [0.1, 0.15) is 42.6 Å². The van der Waals surface area contributed by atoms with Gasteiger partial charge in [0.25, 0.3) is 5.91 Å². The number of ether oxygens (including phenoxy) is 1. The molecule has 0 unspecified atom stereocenters. The number of nitrogens with one attached hydrogen (secondary N) is 2. The summed E-state index contributed by atoms with van der Waals surface area (Å²) in [7, 11) is 0. The smallest absolute Gasteiger partial charge is 0.320 e. The van der Waals surface area contributed by atoms with Crippen LogP contribution in [0.25, 0.3) is 11.3 Å². The topological polar surface area (TPSA) is 167 Å². The Kier molecular flexibility index (Phi) is 9.59. The van der Waals surface area contributed by atoms with Gasteiger partial charge in [0.2, 0.25) is 11.8 Å². The van der Waals surface area contributed by atoms with Gasteiger partial charge >= 0.3 is 6.03 Å². The molecule has 4 fully saturated rings. The number of para-hydroxylation sites is 1. The summed E-state index contributed by atoms with van der Waals surface area (Å²) < 4.78 is 20.4. The van der Waals surface area contributed by atoms with E-state index >= 15 is 0 Å². The maximum atomic E-state index is 14.2. The van der Waals surface area contributed by atoms with Crippen molar-refractivity contribution in [1.82, 2.24) is 35.1 Å². The van der Waals surface area contributed by atoms with E-state index in [-0.39, 0.29) is 54.1 Å². The molecule has 5 atom stereocenters. The van der Waals surface area contributed by atoms with Gasteiger partial charge in [0, 0.05) is 101 Å². The van der Waals surface area contributed by atoms with Crippen LogP contribution in [0.3, 0.4) is 0 Å². The van der Waals surface area contributed by atoms with Gasteiger partial charge in [0.15, 0.2) is 17.4 Å². The summed E-state index contributed by atoms with van der Waals surface area (Å²) in [4.78, 5) is 64.0. The Labute approximate surface area is 329 Å². The fourth-order valence-corrected chi connectivity index (χ4v) is 9.55. The molecule has 0 bridgehead atoms. The predicted octanol–water partition coefficient (Wildman–Crippen LogP) is 2.09. The number of phenolic OH excluding ortho intramolecular Hbond substituents is 1. The Balaban J connectivity index is 0.799. The molecule has 6 aliphatic rings. The van der Waals surface area contributed by atoms with Crippen LogP contribution in [0.15, 0.2) is 42.5 Å².